The number of nitrogens with zero attached hydrogens (tertiary/aromatic N) is 1. The summed E-state index contributed by atoms with van der Waals surface area (Å²) in [4.78, 5) is 17.1. The maximum absolute atomic E-state index is 12.7. The van der Waals surface area contributed by atoms with E-state index in [0.717, 1.165) is 16.6 Å². The van der Waals surface area contributed by atoms with Crippen LogP contribution in [0.5, 0.6) is 5.75 Å². The zero-order chi connectivity index (χ0) is 18.0. The Kier molecular flexibility index (Phi) is 5.11. The van der Waals surface area contributed by atoms with E-state index < -0.39 is 0 Å². The van der Waals surface area contributed by atoms with Gasteiger partial charge in [-0.05, 0) is 43.3 Å². The number of carbonyl (C=O) groups excluding carboxylic acids is 1. The summed E-state index contributed by atoms with van der Waals surface area (Å²) in [5.41, 5.74) is 2.81. The van der Waals surface area contributed by atoms with Gasteiger partial charge >= 0.3 is 0 Å². The molecule has 0 aliphatic carbocycles. The number of halogens is 2. The van der Waals surface area contributed by atoms with E-state index >= 15 is 0 Å². The van der Waals surface area contributed by atoms with Crippen LogP contribution in [0.4, 0.5) is 0 Å². The molecule has 6 heteroatoms. The van der Waals surface area contributed by atoms with Gasteiger partial charge in [0.25, 0.3) is 5.91 Å². The van der Waals surface area contributed by atoms with Crippen LogP contribution in [0, 0.1) is 6.92 Å². The molecule has 0 unspecified atom stereocenters. The van der Waals surface area contributed by atoms with Gasteiger partial charge < -0.3 is 10.1 Å². The van der Waals surface area contributed by atoms with Crippen LogP contribution in [0.25, 0.3) is 10.9 Å². The van der Waals surface area contributed by atoms with Crippen LogP contribution < -0.4 is 10.1 Å². The fourth-order valence-electron chi connectivity index (χ4n) is 2.68. The lowest BCUT2D eigenvalue weighted by atomic mass is 10.1. The van der Waals surface area contributed by atoms with E-state index in [2.05, 4.69) is 10.3 Å². The third kappa shape index (κ3) is 3.86. The first-order valence-electron chi connectivity index (χ1n) is 7.65. The van der Waals surface area contributed by atoms with Crippen LogP contribution in [0.15, 0.2) is 42.5 Å². The summed E-state index contributed by atoms with van der Waals surface area (Å²) in [7, 11) is 1.58. The van der Waals surface area contributed by atoms with Gasteiger partial charge in [0.05, 0.1) is 18.2 Å². The average molecular weight is 375 g/mol. The molecule has 25 heavy (non-hydrogen) atoms. The van der Waals surface area contributed by atoms with Crippen LogP contribution in [-0.4, -0.2) is 18.0 Å². The second-order valence-corrected chi connectivity index (χ2v) is 6.48. The normalized spacial score (nSPS) is 10.7. The smallest absolute Gasteiger partial charge is 0.252 e. The lowest BCUT2D eigenvalue weighted by molar-refractivity contribution is 0.0952. The lowest BCUT2D eigenvalue weighted by Crippen LogP contribution is -2.23. The molecule has 0 radical (unpaired) electrons. The second kappa shape index (κ2) is 7.30. The molecule has 0 atom stereocenters. The van der Waals surface area contributed by atoms with Gasteiger partial charge in [0.2, 0.25) is 0 Å². The van der Waals surface area contributed by atoms with Gasteiger partial charge in [-0.2, -0.15) is 0 Å². The number of ether oxygens (including phenoxy) is 1. The molecule has 2 aromatic carbocycles. The number of aromatic nitrogens is 1. The summed E-state index contributed by atoms with van der Waals surface area (Å²) < 4.78 is 5.31. The molecule has 0 aliphatic heterocycles. The zero-order valence-corrected chi connectivity index (χ0v) is 15.3. The van der Waals surface area contributed by atoms with E-state index in [-0.39, 0.29) is 5.91 Å². The molecule has 128 valence electrons. The van der Waals surface area contributed by atoms with Crippen molar-refractivity contribution >= 4 is 40.0 Å². The fraction of sp³-hybridized carbons (Fsp3) is 0.158. The maximum atomic E-state index is 12.7. The monoisotopic (exact) mass is 374 g/mol. The summed E-state index contributed by atoms with van der Waals surface area (Å²) in [6.45, 7) is 2.15. The van der Waals surface area contributed by atoms with Gasteiger partial charge in [0.15, 0.2) is 0 Å². The Morgan fingerprint density at radius 1 is 1.12 bits per heavy atom. The first-order valence-corrected chi connectivity index (χ1v) is 8.41. The van der Waals surface area contributed by atoms with E-state index in [9.17, 15) is 4.79 Å². The van der Waals surface area contributed by atoms with E-state index in [4.69, 9.17) is 27.9 Å². The number of aryl methyl sites for hydroxylation is 1. The number of pyridine rings is 1. The van der Waals surface area contributed by atoms with E-state index in [1.54, 1.807) is 49.6 Å². The van der Waals surface area contributed by atoms with Crippen molar-refractivity contribution in [2.24, 2.45) is 0 Å². The van der Waals surface area contributed by atoms with Crippen LogP contribution in [0.2, 0.25) is 10.0 Å². The largest absolute Gasteiger partial charge is 0.496 e. The van der Waals surface area contributed by atoms with Crippen LogP contribution >= 0.6 is 23.2 Å². The Morgan fingerprint density at radius 3 is 2.60 bits per heavy atom. The third-order valence-electron chi connectivity index (χ3n) is 3.83. The number of methoxy groups -OCH3 is 1. The van der Waals surface area contributed by atoms with Crippen LogP contribution in [0.3, 0.4) is 0 Å². The highest BCUT2D eigenvalue weighted by molar-refractivity contribution is 6.31. The Balaban J connectivity index is 1.89. The standard InChI is InChI=1S/C19H16Cl2N2O2/c1-11-7-16(15-5-3-14(21)9-17(15)23-11)19(24)22-10-12-8-13(20)4-6-18(12)25-2/h3-9H,10H2,1-2H3,(H,22,24). The SMILES string of the molecule is COc1ccc(Cl)cc1CNC(=O)c1cc(C)nc2cc(Cl)ccc12. The van der Waals surface area contributed by atoms with Crippen molar-refractivity contribution in [1.29, 1.82) is 0 Å². The zero-order valence-electron chi connectivity index (χ0n) is 13.8. The van der Waals surface area contributed by atoms with Crippen LogP contribution in [0.1, 0.15) is 21.6 Å². The van der Waals surface area contributed by atoms with E-state index in [1.807, 2.05) is 6.92 Å². The molecule has 0 saturated heterocycles. The minimum atomic E-state index is -0.195. The fourth-order valence-corrected chi connectivity index (χ4v) is 3.04. The third-order valence-corrected chi connectivity index (χ3v) is 4.30. The van der Waals surface area contributed by atoms with Gasteiger partial charge in [-0.3, -0.25) is 9.78 Å². The molecule has 3 rings (SSSR count). The average Bonchev–Trinajstić information content (AvgIpc) is 2.58. The highest BCUT2D eigenvalue weighted by atomic mass is 35.5. The Morgan fingerprint density at radius 2 is 1.84 bits per heavy atom. The molecule has 1 amide bonds. The molecule has 0 bridgehead atoms. The Bertz CT molecular complexity index is 952. The molecule has 0 spiro atoms. The minimum absolute atomic E-state index is 0.195. The first kappa shape index (κ1) is 17.5. The summed E-state index contributed by atoms with van der Waals surface area (Å²) in [6, 6.07) is 12.4. The number of nitrogens with one attached hydrogen (secondary N) is 1. The Labute approximate surface area is 155 Å². The van der Waals surface area contributed by atoms with E-state index in [1.165, 1.54) is 0 Å². The minimum Gasteiger partial charge on any atom is -0.496 e. The van der Waals surface area contributed by atoms with Crippen molar-refractivity contribution in [3.63, 3.8) is 0 Å². The van der Waals surface area contributed by atoms with Crippen molar-refractivity contribution in [3.8, 4) is 5.75 Å². The van der Waals surface area contributed by atoms with Gasteiger partial charge in [-0.15, -0.1) is 0 Å². The summed E-state index contributed by atoms with van der Waals surface area (Å²) in [5, 5.41) is 4.84. The second-order valence-electron chi connectivity index (χ2n) is 5.61. The Hall–Kier alpha value is -2.30. The molecular weight excluding hydrogens is 359 g/mol. The van der Waals surface area contributed by atoms with Crippen molar-refractivity contribution in [2.75, 3.05) is 7.11 Å². The summed E-state index contributed by atoms with van der Waals surface area (Å²) in [5.74, 6) is 0.479. The number of amides is 1. The molecule has 0 saturated carbocycles. The topological polar surface area (TPSA) is 51.2 Å². The predicted molar refractivity (Wildman–Crippen MR) is 101 cm³/mol. The van der Waals surface area contributed by atoms with Crippen molar-refractivity contribution in [3.05, 3.63) is 69.3 Å². The lowest BCUT2D eigenvalue weighted by Gasteiger charge is -2.12. The highest BCUT2D eigenvalue weighted by Crippen LogP contribution is 2.24. The van der Waals surface area contributed by atoms with Gasteiger partial charge in [-0.1, -0.05) is 29.3 Å². The number of hydrogen-bond donors (Lipinski definition) is 1. The van der Waals surface area contributed by atoms with Crippen molar-refractivity contribution in [2.45, 2.75) is 13.5 Å². The van der Waals surface area contributed by atoms with Gasteiger partial charge in [0.1, 0.15) is 5.75 Å². The number of rotatable bonds is 4. The molecule has 1 N–H and O–H groups in total. The summed E-state index contributed by atoms with van der Waals surface area (Å²) >= 11 is 12.1. The quantitative estimate of drug-likeness (QED) is 0.714. The summed E-state index contributed by atoms with van der Waals surface area (Å²) in [6.07, 6.45) is 0. The van der Waals surface area contributed by atoms with Gasteiger partial charge in [0, 0.05) is 33.2 Å². The predicted octanol–water partition coefficient (Wildman–Crippen LogP) is 4.79. The number of hydrogen-bond acceptors (Lipinski definition) is 3. The number of fused-ring (bicyclic) bond motifs is 1. The maximum Gasteiger partial charge on any atom is 0.252 e. The molecule has 1 heterocycles. The van der Waals surface area contributed by atoms with Gasteiger partial charge in [-0.25, -0.2) is 0 Å². The molecule has 0 aliphatic rings. The molecule has 3 aromatic rings. The van der Waals surface area contributed by atoms with E-state index in [0.29, 0.717) is 33.4 Å². The molecule has 4 nitrogen and oxygen atoms in total. The molecule has 1 aromatic heterocycles. The molecule has 0 fully saturated rings. The van der Waals surface area contributed by atoms with Crippen molar-refractivity contribution < 1.29 is 9.53 Å². The highest BCUT2D eigenvalue weighted by Gasteiger charge is 2.13. The van der Waals surface area contributed by atoms with Crippen molar-refractivity contribution in [1.82, 2.24) is 10.3 Å². The first-order chi connectivity index (χ1) is 12.0. The molecular formula is C19H16Cl2N2O2. The number of carbonyl (C=O) groups is 1. The van der Waals surface area contributed by atoms with Crippen LogP contribution in [-0.2, 0) is 6.54 Å². The number of benzene rings is 2.